The number of nitrogens with zero attached hydrogens (tertiary/aromatic N) is 5. The van der Waals surface area contributed by atoms with Crippen LogP contribution in [0.1, 0.15) is 31.9 Å². The maximum Gasteiger partial charge on any atom is 0.225 e. The third-order valence-corrected chi connectivity index (χ3v) is 5.14. The van der Waals surface area contributed by atoms with Gasteiger partial charge in [-0.1, -0.05) is 45.0 Å². The first-order chi connectivity index (χ1) is 13.5. The monoisotopic (exact) mass is 508 g/mol. The Morgan fingerprint density at radius 3 is 2.21 bits per heavy atom. The summed E-state index contributed by atoms with van der Waals surface area (Å²) < 4.78 is 0. The Balaban J connectivity index is 0.00000300. The zero-order valence-electron chi connectivity index (χ0n) is 17.9. The van der Waals surface area contributed by atoms with E-state index in [0.717, 1.165) is 51.1 Å². The number of hydrogen-bond donors (Lipinski definition) is 1. The standard InChI is InChI=1S/C22H32N6.HI/c1-22(2,3)19-8-6-18(7-9-19)10-13-26-20(23-4)27-14-16-28(17-15-27)21-24-11-5-12-25-21;/h5-9,11-12H,10,13-17H2,1-4H3,(H,23,26);1H. The number of halogens is 1. The quantitative estimate of drug-likeness (QED) is 0.390. The molecule has 7 heteroatoms. The van der Waals surface area contributed by atoms with Crippen molar-refractivity contribution in [1.82, 2.24) is 20.2 Å². The Labute approximate surface area is 191 Å². The molecule has 1 aliphatic heterocycles. The molecule has 0 bridgehead atoms. The van der Waals surface area contributed by atoms with E-state index in [0.29, 0.717) is 0 Å². The molecule has 0 spiro atoms. The molecule has 0 saturated carbocycles. The third kappa shape index (κ3) is 6.55. The van der Waals surface area contributed by atoms with Crippen LogP contribution in [0.25, 0.3) is 0 Å². The van der Waals surface area contributed by atoms with Crippen molar-refractivity contribution in [2.24, 2.45) is 4.99 Å². The fourth-order valence-electron chi connectivity index (χ4n) is 3.40. The van der Waals surface area contributed by atoms with E-state index in [9.17, 15) is 0 Å². The first kappa shape index (κ1) is 23.4. The summed E-state index contributed by atoms with van der Waals surface area (Å²) in [6, 6.07) is 10.8. The van der Waals surface area contributed by atoms with Gasteiger partial charge in [0.1, 0.15) is 0 Å². The van der Waals surface area contributed by atoms with Crippen LogP contribution < -0.4 is 10.2 Å². The summed E-state index contributed by atoms with van der Waals surface area (Å²) in [5, 5.41) is 3.51. The number of guanidine groups is 1. The van der Waals surface area contributed by atoms with Gasteiger partial charge in [-0.3, -0.25) is 4.99 Å². The average molecular weight is 508 g/mol. The number of rotatable bonds is 4. The zero-order chi connectivity index (χ0) is 20.0. The number of aliphatic imine (C=N–C) groups is 1. The number of piperazine rings is 1. The van der Waals surface area contributed by atoms with Gasteiger partial charge in [0, 0.05) is 52.2 Å². The highest BCUT2D eigenvalue weighted by molar-refractivity contribution is 14.0. The van der Waals surface area contributed by atoms with E-state index in [1.54, 1.807) is 12.4 Å². The lowest BCUT2D eigenvalue weighted by Crippen LogP contribution is -2.53. The summed E-state index contributed by atoms with van der Waals surface area (Å²) in [7, 11) is 1.85. The van der Waals surface area contributed by atoms with Crippen molar-refractivity contribution in [3.63, 3.8) is 0 Å². The van der Waals surface area contributed by atoms with Gasteiger partial charge in [-0.05, 0) is 29.0 Å². The lowest BCUT2D eigenvalue weighted by molar-refractivity contribution is 0.370. The molecule has 6 nitrogen and oxygen atoms in total. The normalized spacial score (nSPS) is 15.1. The van der Waals surface area contributed by atoms with Gasteiger partial charge in [0.15, 0.2) is 5.96 Å². The fraction of sp³-hybridized carbons (Fsp3) is 0.500. The second kappa shape index (κ2) is 10.8. The molecule has 29 heavy (non-hydrogen) atoms. The van der Waals surface area contributed by atoms with E-state index in [1.807, 2.05) is 13.1 Å². The van der Waals surface area contributed by atoms with Gasteiger partial charge in [-0.25, -0.2) is 9.97 Å². The molecule has 0 aliphatic carbocycles. The van der Waals surface area contributed by atoms with Crippen LogP contribution in [0.5, 0.6) is 0 Å². The van der Waals surface area contributed by atoms with Crippen molar-refractivity contribution in [1.29, 1.82) is 0 Å². The molecular weight excluding hydrogens is 475 g/mol. The van der Waals surface area contributed by atoms with Crippen molar-refractivity contribution in [2.75, 3.05) is 44.7 Å². The average Bonchev–Trinajstić information content (AvgIpc) is 2.72. The molecule has 0 atom stereocenters. The minimum absolute atomic E-state index is 0. The Hall–Kier alpha value is -1.90. The zero-order valence-corrected chi connectivity index (χ0v) is 20.3. The topological polar surface area (TPSA) is 56.7 Å². The molecule has 0 amide bonds. The fourth-order valence-corrected chi connectivity index (χ4v) is 3.40. The number of nitrogens with one attached hydrogen (secondary N) is 1. The number of benzene rings is 1. The molecular formula is C22H33IN6. The summed E-state index contributed by atoms with van der Waals surface area (Å²) in [4.78, 5) is 17.7. The van der Waals surface area contributed by atoms with Crippen LogP contribution in [0.15, 0.2) is 47.7 Å². The van der Waals surface area contributed by atoms with Crippen LogP contribution in [0.3, 0.4) is 0 Å². The highest BCUT2D eigenvalue weighted by Crippen LogP contribution is 2.22. The molecule has 1 fully saturated rings. The lowest BCUT2D eigenvalue weighted by atomic mass is 9.86. The first-order valence-electron chi connectivity index (χ1n) is 10.0. The Morgan fingerprint density at radius 1 is 1.03 bits per heavy atom. The van der Waals surface area contributed by atoms with Gasteiger partial charge in [-0.2, -0.15) is 0 Å². The molecule has 3 rings (SSSR count). The first-order valence-corrected chi connectivity index (χ1v) is 10.0. The number of aromatic nitrogens is 2. The predicted molar refractivity (Wildman–Crippen MR) is 131 cm³/mol. The predicted octanol–water partition coefficient (Wildman–Crippen LogP) is 3.33. The van der Waals surface area contributed by atoms with Crippen molar-refractivity contribution in [3.8, 4) is 0 Å². The van der Waals surface area contributed by atoms with Gasteiger partial charge < -0.3 is 15.1 Å². The van der Waals surface area contributed by atoms with Crippen LogP contribution in [0.2, 0.25) is 0 Å². The van der Waals surface area contributed by atoms with Gasteiger partial charge in [0.25, 0.3) is 0 Å². The Kier molecular flexibility index (Phi) is 8.67. The molecule has 0 radical (unpaired) electrons. The largest absolute Gasteiger partial charge is 0.356 e. The van der Waals surface area contributed by atoms with E-state index >= 15 is 0 Å². The molecule has 0 unspecified atom stereocenters. The third-order valence-electron chi connectivity index (χ3n) is 5.14. The molecule has 2 heterocycles. The summed E-state index contributed by atoms with van der Waals surface area (Å²) >= 11 is 0. The van der Waals surface area contributed by atoms with Crippen molar-refractivity contribution >= 4 is 35.9 Å². The smallest absolute Gasteiger partial charge is 0.225 e. The maximum atomic E-state index is 4.47. The SMILES string of the molecule is CN=C(NCCc1ccc(C(C)(C)C)cc1)N1CCN(c2ncccn2)CC1.I. The molecule has 2 aromatic rings. The maximum absolute atomic E-state index is 4.47. The number of anilines is 1. The summed E-state index contributed by atoms with van der Waals surface area (Å²) in [6.07, 6.45) is 4.58. The van der Waals surface area contributed by atoms with Crippen LogP contribution >= 0.6 is 24.0 Å². The lowest BCUT2D eigenvalue weighted by Gasteiger charge is -2.36. The van der Waals surface area contributed by atoms with Crippen molar-refractivity contribution in [3.05, 3.63) is 53.9 Å². The molecule has 1 aliphatic rings. The summed E-state index contributed by atoms with van der Waals surface area (Å²) in [5.41, 5.74) is 2.92. The minimum atomic E-state index is 0. The molecule has 1 saturated heterocycles. The Bertz CT molecular complexity index is 762. The second-order valence-corrected chi connectivity index (χ2v) is 8.19. The second-order valence-electron chi connectivity index (χ2n) is 8.19. The van der Waals surface area contributed by atoms with Gasteiger partial charge >= 0.3 is 0 Å². The van der Waals surface area contributed by atoms with Crippen LogP contribution in [0.4, 0.5) is 5.95 Å². The molecule has 1 N–H and O–H groups in total. The van der Waals surface area contributed by atoms with Crippen LogP contribution in [-0.4, -0.2) is 60.6 Å². The van der Waals surface area contributed by atoms with E-state index < -0.39 is 0 Å². The van der Waals surface area contributed by atoms with Crippen LogP contribution in [0, 0.1) is 0 Å². The number of hydrogen-bond acceptors (Lipinski definition) is 4. The van der Waals surface area contributed by atoms with Crippen LogP contribution in [-0.2, 0) is 11.8 Å². The highest BCUT2D eigenvalue weighted by Gasteiger charge is 2.21. The van der Waals surface area contributed by atoms with Gasteiger partial charge in [0.2, 0.25) is 5.95 Å². The highest BCUT2D eigenvalue weighted by atomic mass is 127. The van der Waals surface area contributed by atoms with E-state index in [1.165, 1.54) is 11.1 Å². The molecule has 158 valence electrons. The van der Waals surface area contributed by atoms with E-state index in [2.05, 4.69) is 75.1 Å². The summed E-state index contributed by atoms with van der Waals surface area (Å²) in [5.74, 6) is 1.78. The molecule has 1 aromatic carbocycles. The van der Waals surface area contributed by atoms with E-state index in [-0.39, 0.29) is 29.4 Å². The van der Waals surface area contributed by atoms with Gasteiger partial charge in [0.05, 0.1) is 0 Å². The Morgan fingerprint density at radius 2 is 1.66 bits per heavy atom. The minimum Gasteiger partial charge on any atom is -0.356 e. The van der Waals surface area contributed by atoms with Gasteiger partial charge in [-0.15, -0.1) is 24.0 Å². The van der Waals surface area contributed by atoms with E-state index in [4.69, 9.17) is 0 Å². The summed E-state index contributed by atoms with van der Waals surface area (Å²) in [6.45, 7) is 11.3. The van der Waals surface area contributed by atoms with Crippen molar-refractivity contribution in [2.45, 2.75) is 32.6 Å². The van der Waals surface area contributed by atoms with Crippen molar-refractivity contribution < 1.29 is 0 Å². The molecule has 1 aromatic heterocycles.